The Balaban J connectivity index is 1.86. The quantitative estimate of drug-likeness (QED) is 0.768. The standard InChI is InChI=1S/C17H21OS/c1-13(2)18-15-10-11-19(12-15)17-9-5-7-14-6-3-4-8-16(14)17/h3-9,13,15H,10-12H2,1-2H3/q+1. The zero-order chi connectivity index (χ0) is 13.2. The smallest absolute Gasteiger partial charge is 0.162 e. The largest absolute Gasteiger partial charge is 0.370 e. The van der Waals surface area contributed by atoms with Crippen molar-refractivity contribution >= 4 is 21.7 Å². The van der Waals surface area contributed by atoms with Crippen LogP contribution in [0.1, 0.15) is 20.3 Å². The maximum atomic E-state index is 5.98. The second kappa shape index (κ2) is 5.56. The molecule has 2 heteroatoms. The van der Waals surface area contributed by atoms with E-state index in [1.165, 1.54) is 33.6 Å². The summed E-state index contributed by atoms with van der Waals surface area (Å²) in [6, 6.07) is 15.4. The Kier molecular flexibility index (Phi) is 3.81. The summed E-state index contributed by atoms with van der Waals surface area (Å²) in [7, 11) is 0.363. The molecule has 0 N–H and O–H groups in total. The summed E-state index contributed by atoms with van der Waals surface area (Å²) in [5.41, 5.74) is 0. The van der Waals surface area contributed by atoms with Crippen molar-refractivity contribution < 1.29 is 4.74 Å². The molecule has 2 aromatic rings. The van der Waals surface area contributed by atoms with E-state index in [1.807, 2.05) is 0 Å². The number of hydrogen-bond donors (Lipinski definition) is 0. The molecule has 1 aliphatic heterocycles. The predicted molar refractivity (Wildman–Crippen MR) is 83.9 cm³/mol. The van der Waals surface area contributed by atoms with Crippen LogP contribution in [0, 0.1) is 0 Å². The van der Waals surface area contributed by atoms with E-state index in [-0.39, 0.29) is 0 Å². The SMILES string of the molecule is CC(C)OC1CC[S+](c2cccc3ccccc23)C1. The monoisotopic (exact) mass is 273 g/mol. The summed E-state index contributed by atoms with van der Waals surface area (Å²) in [6.45, 7) is 4.27. The van der Waals surface area contributed by atoms with Crippen molar-refractivity contribution in [3.05, 3.63) is 42.5 Å². The average Bonchev–Trinajstić information content (AvgIpc) is 2.85. The summed E-state index contributed by atoms with van der Waals surface area (Å²) in [5.74, 6) is 2.48. The molecule has 100 valence electrons. The van der Waals surface area contributed by atoms with Crippen LogP contribution >= 0.6 is 0 Å². The Labute approximate surface area is 118 Å². The second-order valence-electron chi connectivity index (χ2n) is 5.44. The topological polar surface area (TPSA) is 9.23 Å². The Morgan fingerprint density at radius 2 is 1.89 bits per heavy atom. The molecule has 0 saturated carbocycles. The Morgan fingerprint density at radius 1 is 1.11 bits per heavy atom. The Hall–Kier alpha value is -0.990. The molecular weight excluding hydrogens is 252 g/mol. The summed E-state index contributed by atoms with van der Waals surface area (Å²) in [6.07, 6.45) is 2.02. The maximum Gasteiger partial charge on any atom is 0.162 e. The van der Waals surface area contributed by atoms with Gasteiger partial charge in [-0.25, -0.2) is 0 Å². The van der Waals surface area contributed by atoms with Gasteiger partial charge in [0.2, 0.25) is 0 Å². The van der Waals surface area contributed by atoms with E-state index in [0.717, 1.165) is 0 Å². The van der Waals surface area contributed by atoms with Crippen LogP contribution in [0.2, 0.25) is 0 Å². The van der Waals surface area contributed by atoms with E-state index in [4.69, 9.17) is 4.74 Å². The van der Waals surface area contributed by atoms with Crippen molar-refractivity contribution in [1.82, 2.24) is 0 Å². The van der Waals surface area contributed by atoms with Gasteiger partial charge in [0, 0.05) is 22.7 Å². The lowest BCUT2D eigenvalue weighted by molar-refractivity contribution is 0.0236. The minimum absolute atomic E-state index is 0.348. The lowest BCUT2D eigenvalue weighted by atomic mass is 10.1. The molecule has 1 saturated heterocycles. The van der Waals surface area contributed by atoms with Crippen LogP contribution in [0.4, 0.5) is 0 Å². The van der Waals surface area contributed by atoms with Crippen molar-refractivity contribution in [1.29, 1.82) is 0 Å². The summed E-state index contributed by atoms with van der Waals surface area (Å²) >= 11 is 0. The Morgan fingerprint density at radius 3 is 2.74 bits per heavy atom. The van der Waals surface area contributed by atoms with Crippen molar-refractivity contribution in [3.8, 4) is 0 Å². The molecule has 2 unspecified atom stereocenters. The normalized spacial score (nSPS) is 23.3. The van der Waals surface area contributed by atoms with Crippen molar-refractivity contribution in [2.45, 2.75) is 37.4 Å². The van der Waals surface area contributed by atoms with Gasteiger partial charge >= 0.3 is 0 Å². The van der Waals surface area contributed by atoms with Crippen LogP contribution in [0.25, 0.3) is 10.8 Å². The highest BCUT2D eigenvalue weighted by molar-refractivity contribution is 7.97. The number of rotatable bonds is 3. The van der Waals surface area contributed by atoms with Gasteiger partial charge in [0.05, 0.1) is 6.10 Å². The molecule has 0 aromatic heterocycles. The van der Waals surface area contributed by atoms with Crippen LogP contribution < -0.4 is 0 Å². The highest BCUT2D eigenvalue weighted by Crippen LogP contribution is 2.31. The van der Waals surface area contributed by atoms with Gasteiger partial charge in [-0.3, -0.25) is 0 Å². The van der Waals surface area contributed by atoms with Crippen molar-refractivity contribution in [2.24, 2.45) is 0 Å². The molecule has 1 nitrogen and oxygen atoms in total. The molecule has 0 amide bonds. The molecule has 0 radical (unpaired) electrons. The summed E-state index contributed by atoms with van der Waals surface area (Å²) < 4.78 is 5.98. The van der Waals surface area contributed by atoms with E-state index < -0.39 is 0 Å². The van der Waals surface area contributed by atoms with Gasteiger partial charge < -0.3 is 4.74 Å². The molecule has 1 aliphatic rings. The minimum Gasteiger partial charge on any atom is -0.370 e. The van der Waals surface area contributed by atoms with Crippen LogP contribution in [-0.4, -0.2) is 23.7 Å². The first kappa shape index (κ1) is 13.0. The molecule has 0 bridgehead atoms. The molecule has 1 fully saturated rings. The molecule has 2 atom stereocenters. The lowest BCUT2D eigenvalue weighted by Gasteiger charge is -2.11. The van der Waals surface area contributed by atoms with Crippen LogP contribution in [0.5, 0.6) is 0 Å². The number of ether oxygens (including phenoxy) is 1. The first-order valence-electron chi connectivity index (χ1n) is 7.05. The third kappa shape index (κ3) is 2.80. The van der Waals surface area contributed by atoms with E-state index in [1.54, 1.807) is 0 Å². The van der Waals surface area contributed by atoms with Gasteiger partial charge in [-0.2, -0.15) is 0 Å². The summed E-state index contributed by atoms with van der Waals surface area (Å²) in [5, 5.41) is 2.79. The molecule has 0 aliphatic carbocycles. The molecule has 0 spiro atoms. The highest BCUT2D eigenvalue weighted by atomic mass is 32.2. The fraction of sp³-hybridized carbons (Fsp3) is 0.412. The number of benzene rings is 2. The van der Waals surface area contributed by atoms with Gasteiger partial charge in [0.1, 0.15) is 17.6 Å². The van der Waals surface area contributed by atoms with E-state index in [2.05, 4.69) is 56.3 Å². The van der Waals surface area contributed by atoms with Gasteiger partial charge in [-0.1, -0.05) is 30.3 Å². The first-order valence-corrected chi connectivity index (χ1v) is 8.61. The molecule has 19 heavy (non-hydrogen) atoms. The van der Waals surface area contributed by atoms with E-state index >= 15 is 0 Å². The van der Waals surface area contributed by atoms with Gasteiger partial charge in [-0.15, -0.1) is 0 Å². The van der Waals surface area contributed by atoms with E-state index in [0.29, 0.717) is 23.1 Å². The second-order valence-corrected chi connectivity index (χ2v) is 7.60. The van der Waals surface area contributed by atoms with Gasteiger partial charge in [0.15, 0.2) is 4.90 Å². The maximum absolute atomic E-state index is 5.98. The lowest BCUT2D eigenvalue weighted by Crippen LogP contribution is -2.19. The minimum atomic E-state index is 0.348. The fourth-order valence-electron chi connectivity index (χ4n) is 2.80. The fourth-order valence-corrected chi connectivity index (χ4v) is 5.38. The van der Waals surface area contributed by atoms with Gasteiger partial charge in [-0.05, 0) is 31.4 Å². The number of fused-ring (bicyclic) bond motifs is 1. The van der Waals surface area contributed by atoms with Crippen LogP contribution in [0.15, 0.2) is 47.4 Å². The zero-order valence-corrected chi connectivity index (χ0v) is 12.5. The molecule has 3 rings (SSSR count). The van der Waals surface area contributed by atoms with Crippen molar-refractivity contribution in [2.75, 3.05) is 11.5 Å². The van der Waals surface area contributed by atoms with Crippen molar-refractivity contribution in [3.63, 3.8) is 0 Å². The number of hydrogen-bond acceptors (Lipinski definition) is 1. The zero-order valence-electron chi connectivity index (χ0n) is 11.6. The molecule has 1 heterocycles. The average molecular weight is 273 g/mol. The van der Waals surface area contributed by atoms with Crippen LogP contribution in [-0.2, 0) is 15.6 Å². The van der Waals surface area contributed by atoms with E-state index in [9.17, 15) is 0 Å². The van der Waals surface area contributed by atoms with Crippen LogP contribution in [0.3, 0.4) is 0 Å². The molecule has 2 aromatic carbocycles. The molecular formula is C17H21OS+. The Bertz CT molecular complexity index is 559. The third-order valence-corrected chi connectivity index (χ3v) is 6.08. The predicted octanol–water partition coefficient (Wildman–Crippen LogP) is 4.01. The first-order chi connectivity index (χ1) is 9.24. The summed E-state index contributed by atoms with van der Waals surface area (Å²) in [4.78, 5) is 1.54. The third-order valence-electron chi connectivity index (χ3n) is 3.60. The highest BCUT2D eigenvalue weighted by Gasteiger charge is 2.36. The van der Waals surface area contributed by atoms with Gasteiger partial charge in [0.25, 0.3) is 0 Å².